The van der Waals surface area contributed by atoms with Gasteiger partial charge in [0.15, 0.2) is 0 Å². The van der Waals surface area contributed by atoms with Crippen LogP contribution in [0.4, 0.5) is 5.69 Å². The van der Waals surface area contributed by atoms with E-state index in [-0.39, 0.29) is 11.5 Å². The fraction of sp³-hybridized carbons (Fsp3) is 0.409. The largest absolute Gasteiger partial charge is 0.494 e. The molecular formula is C22H25N3O3S. The summed E-state index contributed by atoms with van der Waals surface area (Å²) in [5.41, 5.74) is 1.53. The molecule has 0 spiro atoms. The Morgan fingerprint density at radius 1 is 1.24 bits per heavy atom. The normalized spacial score (nSPS) is 13.3. The molecule has 0 radical (unpaired) electrons. The number of rotatable bonds is 5. The van der Waals surface area contributed by atoms with Gasteiger partial charge in [-0.25, -0.2) is 4.98 Å². The van der Waals surface area contributed by atoms with E-state index in [0.717, 1.165) is 42.1 Å². The van der Waals surface area contributed by atoms with Gasteiger partial charge in [0, 0.05) is 25.2 Å². The van der Waals surface area contributed by atoms with Crippen molar-refractivity contribution in [3.8, 4) is 5.75 Å². The zero-order valence-corrected chi connectivity index (χ0v) is 17.8. The van der Waals surface area contributed by atoms with Gasteiger partial charge in [0.25, 0.3) is 11.5 Å². The fourth-order valence-corrected chi connectivity index (χ4v) is 5.03. The number of aromatic nitrogens is 2. The third kappa shape index (κ3) is 3.44. The van der Waals surface area contributed by atoms with Crippen LogP contribution >= 0.6 is 11.3 Å². The van der Waals surface area contributed by atoms with E-state index >= 15 is 0 Å². The van der Waals surface area contributed by atoms with Crippen molar-refractivity contribution < 1.29 is 9.53 Å². The summed E-state index contributed by atoms with van der Waals surface area (Å²) >= 11 is 1.33. The van der Waals surface area contributed by atoms with E-state index < -0.39 is 0 Å². The Kier molecular flexibility index (Phi) is 5.41. The summed E-state index contributed by atoms with van der Waals surface area (Å²) in [6.07, 6.45) is 2.87. The van der Waals surface area contributed by atoms with Crippen LogP contribution < -0.4 is 15.2 Å². The average molecular weight is 412 g/mol. The van der Waals surface area contributed by atoms with Gasteiger partial charge in [-0.2, -0.15) is 0 Å². The summed E-state index contributed by atoms with van der Waals surface area (Å²) in [5, 5.41) is 0.590. The number of hydrogen-bond donors (Lipinski definition) is 0. The van der Waals surface area contributed by atoms with Gasteiger partial charge in [0.05, 0.1) is 16.9 Å². The molecule has 1 aromatic carbocycles. The lowest BCUT2D eigenvalue weighted by molar-refractivity contribution is 0.0991. The van der Waals surface area contributed by atoms with Crippen molar-refractivity contribution in [2.45, 2.75) is 46.6 Å². The lowest BCUT2D eigenvalue weighted by Crippen LogP contribution is -2.30. The Morgan fingerprint density at radius 3 is 2.69 bits per heavy atom. The van der Waals surface area contributed by atoms with E-state index in [1.165, 1.54) is 11.3 Å². The number of anilines is 1. The second-order valence-corrected chi connectivity index (χ2v) is 8.15. The highest BCUT2D eigenvalue weighted by molar-refractivity contribution is 7.20. The van der Waals surface area contributed by atoms with Crippen molar-refractivity contribution in [1.82, 2.24) is 9.55 Å². The average Bonchev–Trinajstić information content (AvgIpc) is 3.06. The molecule has 1 amide bonds. The van der Waals surface area contributed by atoms with Crippen LogP contribution in [-0.4, -0.2) is 28.6 Å². The summed E-state index contributed by atoms with van der Waals surface area (Å²) < 4.78 is 7.28. The molecule has 152 valence electrons. The molecule has 0 atom stereocenters. The second kappa shape index (κ2) is 7.99. The highest BCUT2D eigenvalue weighted by atomic mass is 32.1. The first kappa shape index (κ1) is 19.6. The predicted octanol–water partition coefficient (Wildman–Crippen LogP) is 4.17. The van der Waals surface area contributed by atoms with E-state index in [4.69, 9.17) is 9.72 Å². The van der Waals surface area contributed by atoms with Crippen LogP contribution in [0.2, 0.25) is 0 Å². The van der Waals surface area contributed by atoms with Crippen molar-refractivity contribution in [3.05, 3.63) is 50.9 Å². The SMILES string of the molecule is CCOc1ccc(N(CC)C(=O)c2sc3nc4n(c(=O)c3c2C)CCCC4)cc1. The first-order valence-corrected chi connectivity index (χ1v) is 10.9. The number of carbonyl (C=O) groups excluding carboxylic acids is 1. The monoisotopic (exact) mass is 411 g/mol. The number of benzene rings is 1. The van der Waals surface area contributed by atoms with Gasteiger partial charge >= 0.3 is 0 Å². The minimum absolute atomic E-state index is 0.0124. The number of nitrogens with zero attached hydrogens (tertiary/aromatic N) is 3. The molecule has 3 heterocycles. The Morgan fingerprint density at radius 2 is 2.00 bits per heavy atom. The van der Waals surface area contributed by atoms with Crippen molar-refractivity contribution in [2.24, 2.45) is 0 Å². The lowest BCUT2D eigenvalue weighted by atomic mass is 10.1. The quantitative estimate of drug-likeness (QED) is 0.632. The fourth-order valence-electron chi connectivity index (χ4n) is 3.89. The molecule has 0 bridgehead atoms. The first-order chi connectivity index (χ1) is 14.0. The molecule has 0 saturated heterocycles. The van der Waals surface area contributed by atoms with Gasteiger partial charge in [-0.3, -0.25) is 14.2 Å². The third-order valence-electron chi connectivity index (χ3n) is 5.38. The highest BCUT2D eigenvalue weighted by Gasteiger charge is 2.25. The molecule has 3 aromatic rings. The Labute approximate surface area is 173 Å². The van der Waals surface area contributed by atoms with Crippen LogP contribution in [0.1, 0.15) is 47.7 Å². The van der Waals surface area contributed by atoms with Crippen LogP contribution in [0, 0.1) is 6.92 Å². The van der Waals surface area contributed by atoms with Crippen molar-refractivity contribution in [1.29, 1.82) is 0 Å². The van der Waals surface area contributed by atoms with Gasteiger partial charge in [0.2, 0.25) is 0 Å². The number of ether oxygens (including phenoxy) is 1. The minimum Gasteiger partial charge on any atom is -0.494 e. The number of aryl methyl sites for hydroxylation is 2. The number of fused-ring (bicyclic) bond motifs is 2. The summed E-state index contributed by atoms with van der Waals surface area (Å²) in [6.45, 7) is 7.59. The minimum atomic E-state index is -0.0977. The Hall–Kier alpha value is -2.67. The molecule has 0 N–H and O–H groups in total. The highest BCUT2D eigenvalue weighted by Crippen LogP contribution is 2.31. The van der Waals surface area contributed by atoms with Crippen molar-refractivity contribution >= 4 is 33.1 Å². The van der Waals surface area contributed by atoms with E-state index in [1.807, 2.05) is 45.0 Å². The molecule has 0 aliphatic carbocycles. The lowest BCUT2D eigenvalue weighted by Gasteiger charge is -2.21. The maximum absolute atomic E-state index is 13.4. The van der Waals surface area contributed by atoms with E-state index in [2.05, 4.69) is 0 Å². The van der Waals surface area contributed by atoms with Gasteiger partial charge < -0.3 is 9.64 Å². The Bertz CT molecular complexity index is 1120. The van der Waals surface area contributed by atoms with Crippen LogP contribution in [0.25, 0.3) is 10.2 Å². The van der Waals surface area contributed by atoms with Crippen LogP contribution in [0.15, 0.2) is 29.1 Å². The van der Waals surface area contributed by atoms with Crippen molar-refractivity contribution in [2.75, 3.05) is 18.1 Å². The summed E-state index contributed by atoms with van der Waals surface area (Å²) in [6, 6.07) is 7.52. The second-order valence-electron chi connectivity index (χ2n) is 7.15. The van der Waals surface area contributed by atoms with Gasteiger partial charge in [-0.1, -0.05) is 0 Å². The summed E-state index contributed by atoms with van der Waals surface area (Å²) in [7, 11) is 0. The van der Waals surface area contributed by atoms with E-state index in [0.29, 0.717) is 34.8 Å². The maximum atomic E-state index is 13.4. The molecule has 4 rings (SSSR count). The number of thiophene rings is 1. The molecule has 6 nitrogen and oxygen atoms in total. The zero-order valence-electron chi connectivity index (χ0n) is 17.0. The standard InChI is InChI=1S/C22H25N3O3S/c1-4-24(15-9-11-16(12-10-15)28-5-2)22(27)19-14(3)18-20(29-19)23-17-8-6-7-13-25(17)21(18)26/h9-12H,4-8,13H2,1-3H3. The third-order valence-corrected chi connectivity index (χ3v) is 6.55. The summed E-state index contributed by atoms with van der Waals surface area (Å²) in [5.74, 6) is 1.52. The van der Waals surface area contributed by atoms with Crippen LogP contribution in [0.5, 0.6) is 5.75 Å². The molecule has 2 aromatic heterocycles. The first-order valence-electron chi connectivity index (χ1n) is 10.1. The Balaban J connectivity index is 1.74. The topological polar surface area (TPSA) is 64.4 Å². The smallest absolute Gasteiger partial charge is 0.268 e. The van der Waals surface area contributed by atoms with Crippen molar-refractivity contribution in [3.63, 3.8) is 0 Å². The molecule has 1 aliphatic heterocycles. The van der Waals surface area contributed by atoms with E-state index in [9.17, 15) is 9.59 Å². The van der Waals surface area contributed by atoms with Crippen LogP contribution in [-0.2, 0) is 13.0 Å². The zero-order chi connectivity index (χ0) is 20.5. The molecule has 0 fully saturated rings. The molecule has 0 unspecified atom stereocenters. The van der Waals surface area contributed by atoms with Crippen LogP contribution in [0.3, 0.4) is 0 Å². The molecular weight excluding hydrogens is 386 g/mol. The van der Waals surface area contributed by atoms with E-state index in [1.54, 1.807) is 9.47 Å². The van der Waals surface area contributed by atoms with Gasteiger partial charge in [-0.05, 0) is 63.4 Å². The number of carbonyl (C=O) groups is 1. The summed E-state index contributed by atoms with van der Waals surface area (Å²) in [4.78, 5) is 34.1. The number of hydrogen-bond acceptors (Lipinski definition) is 5. The van der Waals surface area contributed by atoms with Gasteiger partial charge in [0.1, 0.15) is 16.4 Å². The van der Waals surface area contributed by atoms with Gasteiger partial charge in [-0.15, -0.1) is 11.3 Å². The molecule has 7 heteroatoms. The predicted molar refractivity (Wildman–Crippen MR) is 117 cm³/mol. The molecule has 29 heavy (non-hydrogen) atoms. The molecule has 0 saturated carbocycles. The maximum Gasteiger partial charge on any atom is 0.268 e. The number of amides is 1. The molecule has 1 aliphatic rings.